The van der Waals surface area contributed by atoms with E-state index in [1.165, 1.54) is 0 Å². The molecule has 1 aromatic heterocycles. The van der Waals surface area contributed by atoms with Gasteiger partial charge in [-0.2, -0.15) is 5.10 Å². The lowest BCUT2D eigenvalue weighted by molar-refractivity contribution is -0.123. The Kier molecular flexibility index (Phi) is 4.98. The number of nitrogens with one attached hydrogen (secondary N) is 3. The fraction of sp³-hybridized carbons (Fsp3) is 0.429. The van der Waals surface area contributed by atoms with Gasteiger partial charge in [0.05, 0.1) is 5.54 Å². The number of rotatable bonds is 4. The van der Waals surface area contributed by atoms with E-state index in [0.717, 1.165) is 5.69 Å². The minimum absolute atomic E-state index is 0.219. The number of amides is 4. The monoisotopic (exact) mass is 397 g/mol. The summed E-state index contributed by atoms with van der Waals surface area (Å²) in [6.45, 7) is 11.9. The number of hydrogen-bond acceptors (Lipinski definition) is 4. The molecule has 4 amide bonds. The molecule has 2 heterocycles. The maximum Gasteiger partial charge on any atom is 0.322 e. The largest absolute Gasteiger partial charge is 0.322 e. The van der Waals surface area contributed by atoms with Crippen molar-refractivity contribution < 1.29 is 14.4 Å². The zero-order chi connectivity index (χ0) is 21.6. The third-order valence-electron chi connectivity index (χ3n) is 4.94. The van der Waals surface area contributed by atoms with Crippen LogP contribution in [0, 0.1) is 0 Å². The zero-order valence-corrected chi connectivity index (χ0v) is 17.6. The van der Waals surface area contributed by atoms with Gasteiger partial charge in [0.2, 0.25) is 0 Å². The second kappa shape index (κ2) is 7.02. The van der Waals surface area contributed by atoms with Crippen molar-refractivity contribution in [1.82, 2.24) is 20.4 Å². The van der Waals surface area contributed by atoms with Crippen molar-refractivity contribution in [3.63, 3.8) is 0 Å². The highest BCUT2D eigenvalue weighted by Crippen LogP contribution is 2.27. The lowest BCUT2D eigenvalue weighted by atomic mass is 9.92. The van der Waals surface area contributed by atoms with Crippen LogP contribution in [0.3, 0.4) is 0 Å². The van der Waals surface area contributed by atoms with E-state index in [1.807, 2.05) is 25.5 Å². The van der Waals surface area contributed by atoms with Crippen LogP contribution in [0.1, 0.15) is 69.2 Å². The van der Waals surface area contributed by atoms with Crippen molar-refractivity contribution in [3.05, 3.63) is 47.3 Å². The van der Waals surface area contributed by atoms with Gasteiger partial charge in [-0.05, 0) is 57.4 Å². The van der Waals surface area contributed by atoms with Gasteiger partial charge in [0, 0.05) is 11.4 Å². The summed E-state index contributed by atoms with van der Waals surface area (Å²) < 4.78 is 1.88. The van der Waals surface area contributed by atoms with Crippen LogP contribution in [0.2, 0.25) is 0 Å². The Hall–Kier alpha value is -3.16. The first kappa shape index (κ1) is 20.6. The molecule has 3 rings (SSSR count). The summed E-state index contributed by atoms with van der Waals surface area (Å²) in [4.78, 5) is 36.5. The van der Waals surface area contributed by atoms with Gasteiger partial charge >= 0.3 is 6.03 Å². The van der Waals surface area contributed by atoms with Crippen molar-refractivity contribution in [2.75, 3.05) is 5.32 Å². The zero-order valence-electron chi connectivity index (χ0n) is 17.6. The molecule has 8 nitrogen and oxygen atoms in total. The maximum absolute atomic E-state index is 12.8. The van der Waals surface area contributed by atoms with Crippen LogP contribution in [-0.2, 0) is 15.9 Å². The summed E-state index contributed by atoms with van der Waals surface area (Å²) in [5.74, 6) is -0.551. The normalized spacial score (nSPS) is 19.3. The summed E-state index contributed by atoms with van der Waals surface area (Å²) in [5, 5.41) is 12.2. The van der Waals surface area contributed by atoms with Crippen LogP contribution in [0.15, 0.2) is 30.3 Å². The number of hydrogen-bond donors (Lipinski definition) is 3. The van der Waals surface area contributed by atoms with Crippen molar-refractivity contribution >= 4 is 23.5 Å². The Morgan fingerprint density at radius 3 is 2.41 bits per heavy atom. The fourth-order valence-electron chi connectivity index (χ4n) is 3.30. The molecule has 0 aliphatic carbocycles. The molecule has 2 aromatic rings. The fourth-order valence-corrected chi connectivity index (χ4v) is 3.30. The number of aromatic nitrogens is 2. The minimum atomic E-state index is -1.18. The highest BCUT2D eigenvalue weighted by molar-refractivity contribution is 6.07. The number of urea groups is 1. The summed E-state index contributed by atoms with van der Waals surface area (Å²) in [7, 11) is 0. The molecule has 1 aromatic carbocycles. The first-order valence-electron chi connectivity index (χ1n) is 9.58. The van der Waals surface area contributed by atoms with Gasteiger partial charge in [-0.15, -0.1) is 0 Å². The van der Waals surface area contributed by atoms with Crippen LogP contribution >= 0.6 is 0 Å². The number of carbonyl (C=O) groups excluding carboxylic acids is 3. The molecule has 0 saturated carbocycles. The standard InChI is InChI=1S/C21H27N5O3/c1-12(2)16-11-15(25-26(16)20(3,4)5)17(27)22-14-9-7-8-13(10-14)21(6)18(28)23-19(29)24-21/h7-12H,1-6H3,(H,22,27)(H2,23,24,28,29). The van der Waals surface area contributed by atoms with Gasteiger partial charge in [0.1, 0.15) is 5.54 Å². The molecule has 1 atom stereocenters. The van der Waals surface area contributed by atoms with E-state index in [0.29, 0.717) is 16.9 Å². The number of carbonyl (C=O) groups is 3. The summed E-state index contributed by atoms with van der Waals surface area (Å²) in [6, 6.07) is 8.12. The number of imide groups is 1. The Bertz CT molecular complexity index is 986. The molecule has 0 radical (unpaired) electrons. The van der Waals surface area contributed by atoms with Gasteiger partial charge in [-0.3, -0.25) is 19.6 Å². The third kappa shape index (κ3) is 3.87. The molecule has 1 saturated heterocycles. The lowest BCUT2D eigenvalue weighted by Crippen LogP contribution is -2.40. The molecule has 3 N–H and O–H groups in total. The summed E-state index contributed by atoms with van der Waals surface area (Å²) >= 11 is 0. The maximum atomic E-state index is 12.8. The average Bonchev–Trinajstić information content (AvgIpc) is 3.17. The highest BCUT2D eigenvalue weighted by Gasteiger charge is 2.43. The Morgan fingerprint density at radius 1 is 1.21 bits per heavy atom. The third-order valence-corrected chi connectivity index (χ3v) is 4.94. The SMILES string of the molecule is CC(C)c1cc(C(=O)Nc2cccc(C3(C)NC(=O)NC3=O)c2)nn1C(C)(C)C. The quantitative estimate of drug-likeness (QED) is 0.690. The minimum Gasteiger partial charge on any atom is -0.321 e. The molecule has 8 heteroatoms. The number of nitrogens with zero attached hydrogens (tertiary/aromatic N) is 2. The first-order chi connectivity index (χ1) is 13.4. The Balaban J connectivity index is 1.87. The molecular formula is C21H27N5O3. The molecule has 1 aliphatic rings. The van der Waals surface area contributed by atoms with Crippen molar-refractivity contribution in [1.29, 1.82) is 0 Å². The summed E-state index contributed by atoms with van der Waals surface area (Å²) in [5.41, 5.74) is 0.958. The number of benzene rings is 1. The van der Waals surface area contributed by atoms with Gasteiger partial charge in [0.15, 0.2) is 5.69 Å². The molecule has 1 unspecified atom stereocenters. The molecule has 0 bridgehead atoms. The van der Waals surface area contributed by atoms with Gasteiger partial charge in [-0.25, -0.2) is 4.79 Å². The second-order valence-electron chi connectivity index (χ2n) is 8.76. The van der Waals surface area contributed by atoms with E-state index in [2.05, 4.69) is 34.9 Å². The second-order valence-corrected chi connectivity index (χ2v) is 8.76. The first-order valence-corrected chi connectivity index (χ1v) is 9.58. The topological polar surface area (TPSA) is 105 Å². The highest BCUT2D eigenvalue weighted by atomic mass is 16.2. The van der Waals surface area contributed by atoms with E-state index in [4.69, 9.17) is 0 Å². The van der Waals surface area contributed by atoms with Crippen molar-refractivity contribution in [3.8, 4) is 0 Å². The van der Waals surface area contributed by atoms with Crippen LogP contribution < -0.4 is 16.0 Å². The van der Waals surface area contributed by atoms with Crippen molar-refractivity contribution in [2.45, 2.75) is 58.5 Å². The Labute approximate surface area is 170 Å². The van der Waals surface area contributed by atoms with Gasteiger partial charge in [0.25, 0.3) is 11.8 Å². The predicted octanol–water partition coefficient (Wildman–Crippen LogP) is 3.07. The van der Waals surface area contributed by atoms with E-state index in [9.17, 15) is 14.4 Å². The van der Waals surface area contributed by atoms with Crippen LogP contribution in [0.5, 0.6) is 0 Å². The molecule has 1 aliphatic heterocycles. The molecule has 154 valence electrons. The lowest BCUT2D eigenvalue weighted by Gasteiger charge is -2.23. The molecule has 1 fully saturated rings. The number of anilines is 1. The van der Waals surface area contributed by atoms with E-state index < -0.39 is 17.5 Å². The van der Waals surface area contributed by atoms with E-state index in [1.54, 1.807) is 37.3 Å². The Morgan fingerprint density at radius 2 is 1.90 bits per heavy atom. The van der Waals surface area contributed by atoms with Crippen LogP contribution in [0.4, 0.5) is 10.5 Å². The van der Waals surface area contributed by atoms with Crippen LogP contribution in [-0.4, -0.2) is 27.6 Å². The predicted molar refractivity (Wildman–Crippen MR) is 110 cm³/mol. The summed E-state index contributed by atoms with van der Waals surface area (Å²) in [6.07, 6.45) is 0. The van der Waals surface area contributed by atoms with Gasteiger partial charge < -0.3 is 10.6 Å². The average molecular weight is 397 g/mol. The molecule has 0 spiro atoms. The van der Waals surface area contributed by atoms with Gasteiger partial charge in [-0.1, -0.05) is 26.0 Å². The molecular weight excluding hydrogens is 370 g/mol. The van der Waals surface area contributed by atoms with E-state index in [-0.39, 0.29) is 17.4 Å². The van der Waals surface area contributed by atoms with Crippen LogP contribution in [0.25, 0.3) is 0 Å². The smallest absolute Gasteiger partial charge is 0.321 e. The van der Waals surface area contributed by atoms with E-state index >= 15 is 0 Å². The molecule has 29 heavy (non-hydrogen) atoms. The van der Waals surface area contributed by atoms with Crippen molar-refractivity contribution in [2.24, 2.45) is 0 Å².